The largest absolute Gasteiger partial charge is 0.337 e. The first kappa shape index (κ1) is 12.8. The summed E-state index contributed by atoms with van der Waals surface area (Å²) in [4.78, 5) is 4.39. The summed E-state index contributed by atoms with van der Waals surface area (Å²) in [6.45, 7) is 6.50. The van der Waals surface area contributed by atoms with E-state index in [-0.39, 0.29) is 6.04 Å². The Balaban J connectivity index is 2.11. The number of rotatable bonds is 4. The van der Waals surface area contributed by atoms with Gasteiger partial charge in [0.05, 0.1) is 6.04 Å². The minimum Gasteiger partial charge on any atom is -0.337 e. The third-order valence-corrected chi connectivity index (χ3v) is 3.40. The first-order chi connectivity index (χ1) is 8.59. The summed E-state index contributed by atoms with van der Waals surface area (Å²) < 4.78 is 2.06. The van der Waals surface area contributed by atoms with Crippen LogP contribution in [0.25, 0.3) is 0 Å². The minimum atomic E-state index is 0.236. The Morgan fingerprint density at radius 2 is 1.89 bits per heavy atom. The van der Waals surface area contributed by atoms with Crippen molar-refractivity contribution in [3.63, 3.8) is 0 Å². The highest BCUT2D eigenvalue weighted by molar-refractivity contribution is 5.28. The molecule has 0 aliphatic heterocycles. The Bertz CT molecular complexity index is 516. The molecular formula is C15H21N3. The summed E-state index contributed by atoms with van der Waals surface area (Å²) in [5, 5.41) is 3.60. The van der Waals surface area contributed by atoms with Crippen molar-refractivity contribution in [3.05, 3.63) is 53.6 Å². The Morgan fingerprint density at radius 3 is 2.50 bits per heavy atom. The first-order valence-electron chi connectivity index (χ1n) is 6.38. The average molecular weight is 243 g/mol. The molecule has 1 heterocycles. The van der Waals surface area contributed by atoms with Gasteiger partial charge in [-0.3, -0.25) is 0 Å². The van der Waals surface area contributed by atoms with E-state index in [0.29, 0.717) is 6.04 Å². The summed E-state index contributed by atoms with van der Waals surface area (Å²) in [6, 6.07) is 9.05. The lowest BCUT2D eigenvalue weighted by molar-refractivity contribution is 0.466. The topological polar surface area (TPSA) is 29.9 Å². The van der Waals surface area contributed by atoms with Gasteiger partial charge in [-0.1, -0.05) is 24.3 Å². The van der Waals surface area contributed by atoms with E-state index in [2.05, 4.69) is 59.9 Å². The Labute approximate surface area is 109 Å². The third-order valence-electron chi connectivity index (χ3n) is 3.40. The predicted molar refractivity (Wildman–Crippen MR) is 74.4 cm³/mol. The molecule has 0 aliphatic rings. The zero-order valence-electron chi connectivity index (χ0n) is 11.5. The second kappa shape index (κ2) is 5.36. The number of nitrogens with one attached hydrogen (secondary N) is 1. The van der Waals surface area contributed by atoms with Crippen molar-refractivity contribution in [2.24, 2.45) is 7.05 Å². The van der Waals surface area contributed by atoms with E-state index in [1.165, 1.54) is 11.1 Å². The van der Waals surface area contributed by atoms with E-state index >= 15 is 0 Å². The number of aromatic nitrogens is 2. The van der Waals surface area contributed by atoms with Crippen LogP contribution in [0.3, 0.4) is 0 Å². The summed E-state index contributed by atoms with van der Waals surface area (Å²) in [5.41, 5.74) is 2.67. The van der Waals surface area contributed by atoms with Crippen molar-refractivity contribution in [2.75, 3.05) is 0 Å². The molecule has 1 aromatic carbocycles. The maximum Gasteiger partial charge on any atom is 0.125 e. The van der Waals surface area contributed by atoms with Gasteiger partial charge in [-0.15, -0.1) is 0 Å². The van der Waals surface area contributed by atoms with Gasteiger partial charge in [-0.2, -0.15) is 0 Å². The molecule has 0 bridgehead atoms. The van der Waals surface area contributed by atoms with Crippen LogP contribution in [0.1, 0.15) is 42.9 Å². The number of imidazole rings is 1. The summed E-state index contributed by atoms with van der Waals surface area (Å²) in [6.07, 6.45) is 3.82. The quantitative estimate of drug-likeness (QED) is 0.894. The molecule has 2 atom stereocenters. The highest BCUT2D eigenvalue weighted by Crippen LogP contribution is 2.20. The first-order valence-corrected chi connectivity index (χ1v) is 6.38. The molecule has 2 aromatic rings. The fraction of sp³-hybridized carbons (Fsp3) is 0.400. The van der Waals surface area contributed by atoms with E-state index in [9.17, 15) is 0 Å². The Hall–Kier alpha value is -1.61. The van der Waals surface area contributed by atoms with Crippen LogP contribution in [0.4, 0.5) is 0 Å². The molecule has 0 fully saturated rings. The normalized spacial score (nSPS) is 14.4. The van der Waals surface area contributed by atoms with E-state index in [0.717, 1.165) is 5.82 Å². The van der Waals surface area contributed by atoms with Gasteiger partial charge in [-0.05, 0) is 31.9 Å². The minimum absolute atomic E-state index is 0.236. The zero-order chi connectivity index (χ0) is 13.1. The van der Waals surface area contributed by atoms with Crippen LogP contribution in [0, 0.1) is 6.92 Å². The number of aryl methyl sites for hydroxylation is 2. The standard InChI is InChI=1S/C15H21N3/c1-11-7-5-6-8-14(11)12(2)17-13(3)15-16-9-10-18(15)4/h5-10,12-13,17H,1-4H3/t12-,13?/m1/s1. The van der Waals surface area contributed by atoms with E-state index in [1.807, 2.05) is 19.4 Å². The summed E-state index contributed by atoms with van der Waals surface area (Å²) >= 11 is 0. The van der Waals surface area contributed by atoms with Crippen LogP contribution >= 0.6 is 0 Å². The van der Waals surface area contributed by atoms with Crippen molar-refractivity contribution in [1.29, 1.82) is 0 Å². The molecule has 96 valence electrons. The molecule has 3 heteroatoms. The molecule has 0 saturated heterocycles. The second-order valence-corrected chi connectivity index (χ2v) is 4.86. The summed E-state index contributed by atoms with van der Waals surface area (Å²) in [7, 11) is 2.03. The van der Waals surface area contributed by atoms with Crippen molar-refractivity contribution >= 4 is 0 Å². The third kappa shape index (κ3) is 2.62. The molecule has 0 aliphatic carbocycles. The highest BCUT2D eigenvalue weighted by atomic mass is 15.1. The lowest BCUT2D eigenvalue weighted by Gasteiger charge is -2.21. The Morgan fingerprint density at radius 1 is 1.17 bits per heavy atom. The lowest BCUT2D eigenvalue weighted by Crippen LogP contribution is -2.25. The van der Waals surface area contributed by atoms with Gasteiger partial charge in [0.25, 0.3) is 0 Å². The SMILES string of the molecule is Cc1ccccc1[C@@H](C)NC(C)c1nccn1C. The molecule has 1 N–H and O–H groups in total. The maximum atomic E-state index is 4.39. The fourth-order valence-corrected chi connectivity index (χ4v) is 2.41. The predicted octanol–water partition coefficient (Wildman–Crippen LogP) is 3.14. The number of hydrogen-bond donors (Lipinski definition) is 1. The molecule has 0 saturated carbocycles. The van der Waals surface area contributed by atoms with Gasteiger partial charge < -0.3 is 9.88 Å². The van der Waals surface area contributed by atoms with Crippen LogP contribution < -0.4 is 5.32 Å². The smallest absolute Gasteiger partial charge is 0.125 e. The number of hydrogen-bond acceptors (Lipinski definition) is 2. The van der Waals surface area contributed by atoms with Gasteiger partial charge in [0.1, 0.15) is 5.82 Å². The van der Waals surface area contributed by atoms with E-state index in [4.69, 9.17) is 0 Å². The van der Waals surface area contributed by atoms with Gasteiger partial charge >= 0.3 is 0 Å². The molecule has 0 amide bonds. The molecule has 0 spiro atoms. The highest BCUT2D eigenvalue weighted by Gasteiger charge is 2.15. The van der Waals surface area contributed by atoms with Crippen LogP contribution in [-0.2, 0) is 7.05 Å². The average Bonchev–Trinajstić information content (AvgIpc) is 2.76. The maximum absolute atomic E-state index is 4.39. The van der Waals surface area contributed by atoms with Gasteiger partial charge in [-0.25, -0.2) is 4.98 Å². The number of nitrogens with zero attached hydrogens (tertiary/aromatic N) is 2. The molecule has 1 aromatic heterocycles. The second-order valence-electron chi connectivity index (χ2n) is 4.86. The monoisotopic (exact) mass is 243 g/mol. The van der Waals surface area contributed by atoms with Crippen molar-refractivity contribution in [2.45, 2.75) is 32.9 Å². The van der Waals surface area contributed by atoms with Crippen molar-refractivity contribution in [3.8, 4) is 0 Å². The molecule has 3 nitrogen and oxygen atoms in total. The molecular weight excluding hydrogens is 222 g/mol. The molecule has 18 heavy (non-hydrogen) atoms. The molecule has 2 rings (SSSR count). The van der Waals surface area contributed by atoms with Gasteiger partial charge in [0, 0.05) is 25.5 Å². The van der Waals surface area contributed by atoms with Crippen molar-refractivity contribution < 1.29 is 0 Å². The van der Waals surface area contributed by atoms with Crippen LogP contribution in [0.15, 0.2) is 36.7 Å². The Kier molecular flexibility index (Phi) is 3.82. The van der Waals surface area contributed by atoms with Crippen molar-refractivity contribution in [1.82, 2.24) is 14.9 Å². The van der Waals surface area contributed by atoms with Gasteiger partial charge in [0.15, 0.2) is 0 Å². The molecule has 0 radical (unpaired) electrons. The molecule has 1 unspecified atom stereocenters. The number of benzene rings is 1. The lowest BCUT2D eigenvalue weighted by atomic mass is 10.0. The van der Waals surface area contributed by atoms with Gasteiger partial charge in [0.2, 0.25) is 0 Å². The van der Waals surface area contributed by atoms with Crippen LogP contribution in [-0.4, -0.2) is 9.55 Å². The van der Waals surface area contributed by atoms with E-state index in [1.54, 1.807) is 0 Å². The van der Waals surface area contributed by atoms with Crippen LogP contribution in [0.5, 0.6) is 0 Å². The van der Waals surface area contributed by atoms with Crippen LogP contribution in [0.2, 0.25) is 0 Å². The fourth-order valence-electron chi connectivity index (χ4n) is 2.41. The zero-order valence-corrected chi connectivity index (χ0v) is 11.5. The summed E-state index contributed by atoms with van der Waals surface area (Å²) in [5.74, 6) is 1.07. The van der Waals surface area contributed by atoms with E-state index < -0.39 is 0 Å².